The highest BCUT2D eigenvalue weighted by Crippen LogP contribution is 2.52. The lowest BCUT2D eigenvalue weighted by Gasteiger charge is -2.43. The topological polar surface area (TPSA) is 54.7 Å². The molecule has 12 rings (SSSR count). The molecule has 5 nitrogen and oxygen atoms in total. The number of fused-ring (bicyclic) bond motifs is 11. The Kier molecular flexibility index (Phi) is 7.96. The first-order valence-corrected chi connectivity index (χ1v) is 22.5. The molecule has 7 aromatic carbocycles. The van der Waals surface area contributed by atoms with E-state index in [1.807, 2.05) is 6.07 Å². The van der Waals surface area contributed by atoms with Crippen molar-refractivity contribution in [2.75, 3.05) is 10.2 Å². The molecular formula is C57H51BN2O3. The summed E-state index contributed by atoms with van der Waals surface area (Å²) in [7, 11) is 0.660. The molecule has 0 spiro atoms. The first-order valence-electron chi connectivity index (χ1n) is 22.5. The Balaban J connectivity index is 1.20. The number of hydrogen-bond donors (Lipinski definition) is 1. The quantitative estimate of drug-likeness (QED) is 0.179. The molecule has 6 heteroatoms. The van der Waals surface area contributed by atoms with Crippen molar-refractivity contribution >= 4 is 102 Å². The van der Waals surface area contributed by atoms with Gasteiger partial charge in [0.05, 0.1) is 11.4 Å². The van der Waals surface area contributed by atoms with E-state index in [9.17, 15) is 0 Å². The third-order valence-electron chi connectivity index (χ3n) is 14.5. The van der Waals surface area contributed by atoms with Crippen LogP contribution in [0.4, 0.5) is 28.6 Å². The monoisotopic (exact) mass is 822 g/mol. The van der Waals surface area contributed by atoms with Gasteiger partial charge in [0.25, 0.3) is 0 Å². The van der Waals surface area contributed by atoms with E-state index >= 15 is 0 Å². The maximum Gasteiger partial charge on any atom is 0.204 e. The van der Waals surface area contributed by atoms with Crippen molar-refractivity contribution in [3.63, 3.8) is 0 Å². The molecule has 0 saturated heterocycles. The lowest BCUT2D eigenvalue weighted by Crippen LogP contribution is -2.41. The van der Waals surface area contributed by atoms with E-state index in [-0.39, 0.29) is 16.2 Å². The van der Waals surface area contributed by atoms with Crippen LogP contribution in [0.5, 0.6) is 0 Å². The van der Waals surface area contributed by atoms with Gasteiger partial charge in [0.2, 0.25) is 7.28 Å². The Morgan fingerprint density at radius 2 is 1.17 bits per heavy atom. The van der Waals surface area contributed by atoms with Crippen LogP contribution in [-0.4, -0.2) is 7.28 Å². The highest BCUT2D eigenvalue weighted by atomic mass is 16.4. The number of nitrogens with one attached hydrogen (secondary N) is 1. The molecule has 4 heterocycles. The van der Waals surface area contributed by atoms with Crippen LogP contribution in [0.1, 0.15) is 83.6 Å². The number of rotatable bonds is 4. The van der Waals surface area contributed by atoms with Crippen molar-refractivity contribution in [3.8, 4) is 11.1 Å². The largest absolute Gasteiger partial charge is 0.456 e. The summed E-state index contributed by atoms with van der Waals surface area (Å²) < 4.78 is 20.7. The van der Waals surface area contributed by atoms with Crippen LogP contribution in [-0.2, 0) is 16.2 Å². The zero-order valence-corrected chi connectivity index (χ0v) is 37.4. The SMILES string of the molecule is Cc1cc2c(cc1N1c3cc4c(oc5ccccc54)c(-c4cc5c(cc4Nc4ccc(C(C)(C)C)cc4)oc4ccccc45)c3Bc3c1oc1ccccc31)C(C)(C)CCC2(C)C. The fourth-order valence-electron chi connectivity index (χ4n) is 10.8. The van der Waals surface area contributed by atoms with E-state index in [1.54, 1.807) is 0 Å². The van der Waals surface area contributed by atoms with E-state index in [1.165, 1.54) is 33.2 Å². The van der Waals surface area contributed by atoms with Crippen LogP contribution < -0.4 is 21.1 Å². The number of furan rings is 3. The molecule has 0 fully saturated rings. The molecule has 2 aliphatic rings. The van der Waals surface area contributed by atoms with Gasteiger partial charge in [0, 0.05) is 55.5 Å². The number of para-hydroxylation sites is 3. The first kappa shape index (κ1) is 38.1. The molecule has 0 bridgehead atoms. The summed E-state index contributed by atoms with van der Waals surface area (Å²) in [5.41, 5.74) is 18.5. The van der Waals surface area contributed by atoms with E-state index < -0.39 is 0 Å². The number of nitrogens with zero attached hydrogens (tertiary/aromatic N) is 1. The van der Waals surface area contributed by atoms with Crippen molar-refractivity contribution < 1.29 is 13.3 Å². The molecule has 3 aromatic heterocycles. The van der Waals surface area contributed by atoms with Gasteiger partial charge in [0.15, 0.2) is 5.88 Å². The average molecular weight is 823 g/mol. The van der Waals surface area contributed by atoms with E-state index in [4.69, 9.17) is 13.3 Å². The Bertz CT molecular complexity index is 3520. The summed E-state index contributed by atoms with van der Waals surface area (Å²) in [5, 5.41) is 9.33. The normalized spacial score (nSPS) is 15.5. The van der Waals surface area contributed by atoms with Crippen LogP contribution in [0, 0.1) is 6.92 Å². The minimum Gasteiger partial charge on any atom is -0.456 e. The Hall–Kier alpha value is -6.66. The van der Waals surface area contributed by atoms with E-state index in [0.29, 0.717) is 7.28 Å². The third-order valence-corrected chi connectivity index (χ3v) is 14.5. The predicted octanol–water partition coefficient (Wildman–Crippen LogP) is 14.8. The second kappa shape index (κ2) is 13.2. The van der Waals surface area contributed by atoms with Gasteiger partial charge >= 0.3 is 0 Å². The minimum atomic E-state index is 0.0208. The highest BCUT2D eigenvalue weighted by Gasteiger charge is 2.40. The third kappa shape index (κ3) is 5.76. The number of benzene rings is 7. The van der Waals surface area contributed by atoms with Crippen molar-refractivity contribution in [2.45, 2.75) is 84.5 Å². The summed E-state index contributed by atoms with van der Waals surface area (Å²) in [6.45, 7) is 18.7. The van der Waals surface area contributed by atoms with Gasteiger partial charge in [-0.3, -0.25) is 4.90 Å². The Morgan fingerprint density at radius 1 is 0.571 bits per heavy atom. The summed E-state index contributed by atoms with van der Waals surface area (Å²) in [5.74, 6) is 0.881. The van der Waals surface area contributed by atoms with Gasteiger partial charge in [-0.2, -0.15) is 0 Å². The van der Waals surface area contributed by atoms with Crippen molar-refractivity contribution in [2.24, 2.45) is 0 Å². The highest BCUT2D eigenvalue weighted by molar-refractivity contribution is 6.76. The van der Waals surface area contributed by atoms with Crippen LogP contribution in [0.25, 0.3) is 66.0 Å². The number of hydrogen-bond acceptors (Lipinski definition) is 5. The second-order valence-electron chi connectivity index (χ2n) is 20.5. The molecule has 0 saturated carbocycles. The lowest BCUT2D eigenvalue weighted by atomic mass is 9.58. The summed E-state index contributed by atoms with van der Waals surface area (Å²) in [6, 6.07) is 46.0. The fraction of sp³-hybridized carbons (Fsp3) is 0.228. The minimum absolute atomic E-state index is 0.0208. The summed E-state index contributed by atoms with van der Waals surface area (Å²) >= 11 is 0. The standard InChI is InChI=1S/C57H51BN2O3/c1-32-27-41-42(57(7,8)26-25-56(41,5)6)30-44(32)60-45-29-39-36-16-10-13-19-47(36)62-53(39)50(52(45)58-51-37-17-11-14-20-48(37)63-54(51)60)40-28-38-35-15-9-12-18-46(35)61-49(38)31-43(40)59-34-23-21-33(22-24-34)55(2,3)4/h9-24,27-31,58-59H,25-26H2,1-8H3. The summed E-state index contributed by atoms with van der Waals surface area (Å²) in [4.78, 5) is 2.44. The molecule has 10 aromatic rings. The zero-order chi connectivity index (χ0) is 43.2. The fourth-order valence-corrected chi connectivity index (χ4v) is 10.8. The Morgan fingerprint density at radius 3 is 1.86 bits per heavy atom. The molecule has 1 aliphatic carbocycles. The van der Waals surface area contributed by atoms with Gasteiger partial charge in [0.1, 0.15) is 27.9 Å². The molecule has 310 valence electrons. The number of anilines is 5. The Labute approximate surface area is 368 Å². The van der Waals surface area contributed by atoms with Crippen molar-refractivity contribution in [3.05, 3.63) is 150 Å². The molecule has 0 atom stereocenters. The lowest BCUT2D eigenvalue weighted by molar-refractivity contribution is 0.332. The van der Waals surface area contributed by atoms with Crippen LogP contribution in [0.15, 0.2) is 141 Å². The molecule has 0 amide bonds. The van der Waals surface area contributed by atoms with Gasteiger partial charge < -0.3 is 18.6 Å². The smallest absolute Gasteiger partial charge is 0.204 e. The second-order valence-corrected chi connectivity index (χ2v) is 20.5. The van der Waals surface area contributed by atoms with E-state index in [0.717, 1.165) is 107 Å². The maximum atomic E-state index is 7.10. The van der Waals surface area contributed by atoms with Crippen LogP contribution in [0.3, 0.4) is 0 Å². The van der Waals surface area contributed by atoms with Crippen molar-refractivity contribution in [1.29, 1.82) is 0 Å². The maximum absolute atomic E-state index is 7.10. The predicted molar refractivity (Wildman–Crippen MR) is 266 cm³/mol. The molecule has 63 heavy (non-hydrogen) atoms. The van der Waals surface area contributed by atoms with Gasteiger partial charge in [-0.1, -0.05) is 121 Å². The van der Waals surface area contributed by atoms with Crippen LogP contribution in [0.2, 0.25) is 0 Å². The zero-order valence-electron chi connectivity index (χ0n) is 37.4. The van der Waals surface area contributed by atoms with Crippen molar-refractivity contribution in [1.82, 2.24) is 0 Å². The van der Waals surface area contributed by atoms with E-state index in [2.05, 4.69) is 187 Å². The number of aryl methyl sites for hydroxylation is 1. The molecule has 1 aliphatic heterocycles. The first-order chi connectivity index (χ1) is 30.2. The molecular weight excluding hydrogens is 771 g/mol. The van der Waals surface area contributed by atoms with Crippen LogP contribution >= 0.6 is 0 Å². The molecule has 1 N–H and O–H groups in total. The van der Waals surface area contributed by atoms with Gasteiger partial charge in [-0.15, -0.1) is 0 Å². The molecule has 0 radical (unpaired) electrons. The average Bonchev–Trinajstić information content (AvgIpc) is 3.94. The van der Waals surface area contributed by atoms with Gasteiger partial charge in [-0.05, 0) is 118 Å². The summed E-state index contributed by atoms with van der Waals surface area (Å²) in [6.07, 6.45) is 2.29. The van der Waals surface area contributed by atoms with Gasteiger partial charge in [-0.25, -0.2) is 0 Å². The molecule has 0 unspecified atom stereocenters.